The van der Waals surface area contributed by atoms with Gasteiger partial charge < -0.3 is 30.6 Å². The van der Waals surface area contributed by atoms with Crippen LogP contribution in [0.2, 0.25) is 0 Å². The standard InChI is InChI=1S/C12H24O2.2C7H6O2.C6H14O3/c1-2-3-4-5-6-7-8-9-10-11-12(13)14;2*8-7(9)6-4-2-1-3-5-6;1-2-6(3-7,4-8)5-9/h2-11H2,1H3,(H,13,14);2*1-5H,(H,8,9);7-9H,2-5H2,1H3. The summed E-state index contributed by atoms with van der Waals surface area (Å²) in [6.45, 7) is 3.58. The molecule has 0 heterocycles. The topological polar surface area (TPSA) is 173 Å². The fourth-order valence-corrected chi connectivity index (χ4v) is 3.23. The first-order valence-electron chi connectivity index (χ1n) is 14.2. The van der Waals surface area contributed by atoms with Gasteiger partial charge in [0, 0.05) is 11.8 Å². The molecule has 0 aromatic heterocycles. The largest absolute Gasteiger partial charge is 0.481 e. The maximum absolute atomic E-state index is 10.2. The van der Waals surface area contributed by atoms with Gasteiger partial charge >= 0.3 is 17.9 Å². The van der Waals surface area contributed by atoms with Crippen molar-refractivity contribution in [2.24, 2.45) is 5.41 Å². The zero-order valence-electron chi connectivity index (χ0n) is 24.6. The lowest BCUT2D eigenvalue weighted by atomic mass is 9.88. The molecule has 6 N–H and O–H groups in total. The molecule has 0 amide bonds. The van der Waals surface area contributed by atoms with Crippen LogP contribution < -0.4 is 0 Å². The molecule has 2 rings (SSSR count). The molecule has 2 aromatic rings. The van der Waals surface area contributed by atoms with Gasteiger partial charge in [0.15, 0.2) is 0 Å². The molecule has 9 nitrogen and oxygen atoms in total. The van der Waals surface area contributed by atoms with Crippen molar-refractivity contribution >= 4 is 17.9 Å². The van der Waals surface area contributed by atoms with E-state index >= 15 is 0 Å². The first kappa shape index (κ1) is 39.9. The molecule has 0 aliphatic heterocycles. The van der Waals surface area contributed by atoms with Gasteiger partial charge in [-0.05, 0) is 37.1 Å². The van der Waals surface area contributed by atoms with Crippen LogP contribution in [0.25, 0.3) is 0 Å². The Morgan fingerprint density at radius 3 is 1.12 bits per heavy atom. The number of carboxylic acids is 3. The summed E-state index contributed by atoms with van der Waals surface area (Å²) in [5, 5.41) is 51.2. The Labute approximate surface area is 244 Å². The van der Waals surface area contributed by atoms with Crippen LogP contribution in [-0.4, -0.2) is 68.4 Å². The predicted octanol–water partition coefficient (Wildman–Crippen LogP) is 6.12. The number of carbonyl (C=O) groups is 3. The summed E-state index contributed by atoms with van der Waals surface area (Å²) in [7, 11) is 0. The summed E-state index contributed by atoms with van der Waals surface area (Å²) in [5.74, 6) is -2.42. The molecule has 0 fully saturated rings. The highest BCUT2D eigenvalue weighted by Gasteiger charge is 2.24. The van der Waals surface area contributed by atoms with Crippen LogP contribution in [0, 0.1) is 5.41 Å². The Kier molecular flexibility index (Phi) is 26.2. The van der Waals surface area contributed by atoms with Crippen LogP contribution in [0.15, 0.2) is 60.7 Å². The van der Waals surface area contributed by atoms with Gasteiger partial charge in [-0.15, -0.1) is 0 Å². The highest BCUT2D eigenvalue weighted by molar-refractivity contribution is 5.87. The van der Waals surface area contributed by atoms with Gasteiger partial charge in [0.05, 0.1) is 30.9 Å². The first-order valence-corrected chi connectivity index (χ1v) is 14.2. The number of aliphatic hydroxyl groups is 3. The molecule has 0 saturated carbocycles. The quantitative estimate of drug-likeness (QED) is 0.128. The van der Waals surface area contributed by atoms with E-state index in [1.807, 2.05) is 6.92 Å². The van der Waals surface area contributed by atoms with Gasteiger partial charge in [-0.2, -0.15) is 0 Å². The number of hydrogen-bond acceptors (Lipinski definition) is 6. The zero-order chi connectivity index (χ0) is 31.4. The average molecular weight is 579 g/mol. The molecule has 41 heavy (non-hydrogen) atoms. The second kappa shape index (κ2) is 26.9. The molecule has 232 valence electrons. The Hall–Kier alpha value is -3.27. The van der Waals surface area contributed by atoms with Gasteiger partial charge in [-0.25, -0.2) is 9.59 Å². The molecule has 0 bridgehead atoms. The number of aliphatic carboxylic acids is 1. The number of aliphatic hydroxyl groups excluding tert-OH is 3. The summed E-state index contributed by atoms with van der Waals surface area (Å²) in [6, 6.07) is 16.6. The van der Waals surface area contributed by atoms with Gasteiger partial charge in [-0.3, -0.25) is 4.79 Å². The maximum Gasteiger partial charge on any atom is 0.335 e. The highest BCUT2D eigenvalue weighted by Crippen LogP contribution is 2.18. The lowest BCUT2D eigenvalue weighted by Crippen LogP contribution is -2.32. The third-order valence-electron chi connectivity index (χ3n) is 6.29. The van der Waals surface area contributed by atoms with E-state index in [1.165, 1.54) is 44.9 Å². The van der Waals surface area contributed by atoms with E-state index in [0.29, 0.717) is 24.0 Å². The van der Waals surface area contributed by atoms with E-state index in [2.05, 4.69) is 6.92 Å². The molecule has 2 aromatic carbocycles. The Balaban J connectivity index is 0. The van der Waals surface area contributed by atoms with Crippen LogP contribution in [0.4, 0.5) is 0 Å². The molecule has 0 atom stereocenters. The molecule has 0 unspecified atom stereocenters. The van der Waals surface area contributed by atoms with E-state index in [1.54, 1.807) is 60.7 Å². The van der Waals surface area contributed by atoms with E-state index < -0.39 is 23.3 Å². The lowest BCUT2D eigenvalue weighted by molar-refractivity contribution is -0.137. The maximum atomic E-state index is 10.2. The molecule has 9 heteroatoms. The molecule has 0 aliphatic rings. The summed E-state index contributed by atoms with van der Waals surface area (Å²) in [6.07, 6.45) is 12.1. The van der Waals surface area contributed by atoms with E-state index in [4.69, 9.17) is 30.6 Å². The first-order chi connectivity index (χ1) is 19.6. The van der Waals surface area contributed by atoms with Crippen molar-refractivity contribution in [3.05, 3.63) is 71.8 Å². The summed E-state index contributed by atoms with van der Waals surface area (Å²) in [5.41, 5.74) is -0.00463. The van der Waals surface area contributed by atoms with Crippen LogP contribution in [0.1, 0.15) is 105 Å². The van der Waals surface area contributed by atoms with Gasteiger partial charge in [0.25, 0.3) is 0 Å². The fourth-order valence-electron chi connectivity index (χ4n) is 3.23. The number of rotatable bonds is 16. The fraction of sp³-hybridized carbons (Fsp3) is 0.531. The second-order valence-electron chi connectivity index (χ2n) is 9.64. The number of benzene rings is 2. The number of unbranched alkanes of at least 4 members (excludes halogenated alkanes) is 8. The highest BCUT2D eigenvalue weighted by atomic mass is 16.4. The van der Waals surface area contributed by atoms with Crippen molar-refractivity contribution in [1.82, 2.24) is 0 Å². The van der Waals surface area contributed by atoms with Crippen molar-refractivity contribution in [2.45, 2.75) is 84.5 Å². The van der Waals surface area contributed by atoms with Crippen molar-refractivity contribution in [2.75, 3.05) is 19.8 Å². The van der Waals surface area contributed by atoms with Gasteiger partial charge in [0.1, 0.15) is 0 Å². The zero-order valence-corrected chi connectivity index (χ0v) is 24.6. The molecule has 0 spiro atoms. The minimum Gasteiger partial charge on any atom is -0.481 e. The number of hydrogen-bond donors (Lipinski definition) is 6. The molecule has 0 radical (unpaired) electrons. The molecule has 0 aliphatic carbocycles. The van der Waals surface area contributed by atoms with E-state index in [9.17, 15) is 14.4 Å². The smallest absolute Gasteiger partial charge is 0.335 e. The van der Waals surface area contributed by atoms with Crippen molar-refractivity contribution in [3.8, 4) is 0 Å². The summed E-state index contributed by atoms with van der Waals surface area (Å²) < 4.78 is 0. The van der Waals surface area contributed by atoms with Crippen LogP contribution in [-0.2, 0) is 4.79 Å². The lowest BCUT2D eigenvalue weighted by Gasteiger charge is -2.24. The average Bonchev–Trinajstić information content (AvgIpc) is 2.99. The van der Waals surface area contributed by atoms with Crippen molar-refractivity contribution < 1.29 is 45.0 Å². The normalized spacial score (nSPS) is 10.1. The van der Waals surface area contributed by atoms with E-state index in [-0.39, 0.29) is 19.8 Å². The SMILES string of the molecule is CCC(CO)(CO)CO.CCCCCCCCCCCC(=O)O.O=C(O)c1ccccc1.O=C(O)c1ccccc1. The minimum atomic E-state index is -0.879. The molecule has 0 saturated heterocycles. The van der Waals surface area contributed by atoms with Gasteiger partial charge in [0.2, 0.25) is 0 Å². The van der Waals surface area contributed by atoms with Crippen LogP contribution in [0.5, 0.6) is 0 Å². The second-order valence-corrected chi connectivity index (χ2v) is 9.64. The van der Waals surface area contributed by atoms with Crippen molar-refractivity contribution in [1.29, 1.82) is 0 Å². The summed E-state index contributed by atoms with van der Waals surface area (Å²) in [4.78, 5) is 30.6. The Morgan fingerprint density at radius 2 is 0.902 bits per heavy atom. The Bertz CT molecular complexity index is 831. The number of carboxylic acid groups (broad SMARTS) is 3. The third kappa shape index (κ3) is 23.2. The van der Waals surface area contributed by atoms with Crippen LogP contribution in [0.3, 0.4) is 0 Å². The third-order valence-corrected chi connectivity index (χ3v) is 6.29. The monoisotopic (exact) mass is 578 g/mol. The Morgan fingerprint density at radius 1 is 0.561 bits per heavy atom. The van der Waals surface area contributed by atoms with Crippen molar-refractivity contribution in [3.63, 3.8) is 0 Å². The van der Waals surface area contributed by atoms with Crippen LogP contribution >= 0.6 is 0 Å². The van der Waals surface area contributed by atoms with Gasteiger partial charge in [-0.1, -0.05) is 102 Å². The molecular formula is C32H50O9. The van der Waals surface area contributed by atoms with E-state index in [0.717, 1.165) is 12.8 Å². The predicted molar refractivity (Wildman–Crippen MR) is 160 cm³/mol. The minimum absolute atomic E-state index is 0.156. The summed E-state index contributed by atoms with van der Waals surface area (Å²) >= 11 is 0. The molecular weight excluding hydrogens is 528 g/mol. The number of aromatic carboxylic acids is 2.